The fourth-order valence-corrected chi connectivity index (χ4v) is 8.82. The van der Waals surface area contributed by atoms with Crippen molar-refractivity contribution in [1.29, 1.82) is 0 Å². The summed E-state index contributed by atoms with van der Waals surface area (Å²) in [5, 5.41) is 8.28. The monoisotopic (exact) mass is 566 g/mol. The Bertz CT molecular complexity index is 1090. The average Bonchev–Trinajstić information content (AvgIpc) is 3.67. The predicted molar refractivity (Wildman–Crippen MR) is 174 cm³/mol. The third-order valence-electron chi connectivity index (χ3n) is 10.5. The van der Waals surface area contributed by atoms with Gasteiger partial charge >= 0.3 is 23.1 Å². The molecule has 0 saturated carbocycles. The van der Waals surface area contributed by atoms with Crippen LogP contribution in [0.25, 0.3) is 0 Å². The van der Waals surface area contributed by atoms with Crippen LogP contribution in [0.3, 0.4) is 0 Å². The summed E-state index contributed by atoms with van der Waals surface area (Å²) >= 11 is 0. The van der Waals surface area contributed by atoms with E-state index in [1.54, 1.807) is 22.3 Å². The van der Waals surface area contributed by atoms with Gasteiger partial charge in [0, 0.05) is 24.2 Å². The molecular weight excluding hydrogens is 513 g/mol. The van der Waals surface area contributed by atoms with Crippen molar-refractivity contribution in [2.24, 2.45) is 0 Å². The zero-order valence-electron chi connectivity index (χ0n) is 27.4. The fourth-order valence-electron chi connectivity index (χ4n) is 8.82. The van der Waals surface area contributed by atoms with Crippen molar-refractivity contribution >= 4 is 23.1 Å². The Labute approximate surface area is 266 Å². The van der Waals surface area contributed by atoms with Gasteiger partial charge in [0.1, 0.15) is 0 Å². The van der Waals surface area contributed by atoms with Crippen molar-refractivity contribution in [2.75, 3.05) is 0 Å². The van der Waals surface area contributed by atoms with Crippen LogP contribution in [0.1, 0.15) is 126 Å². The summed E-state index contributed by atoms with van der Waals surface area (Å²) in [5.74, 6) is 0. The van der Waals surface area contributed by atoms with E-state index in [1.807, 2.05) is 0 Å². The van der Waals surface area contributed by atoms with Gasteiger partial charge in [-0.25, -0.2) is 0 Å². The molecule has 2 N–H and O–H groups in total. The van der Waals surface area contributed by atoms with Crippen LogP contribution in [0.2, 0.25) is 0 Å². The third kappa shape index (κ3) is 5.82. The van der Waals surface area contributed by atoms with Crippen LogP contribution in [-0.4, -0.2) is 47.2 Å². The number of hydrogen-bond donors (Lipinski definition) is 2. The molecule has 2 aromatic rings. The van der Waals surface area contributed by atoms with Gasteiger partial charge in [0.15, 0.2) is 0 Å². The summed E-state index contributed by atoms with van der Waals surface area (Å²) in [7, 11) is 0. The molecule has 0 fully saturated rings. The zero-order chi connectivity index (χ0) is 28.6. The van der Waals surface area contributed by atoms with E-state index in [9.17, 15) is 0 Å². The molecule has 5 heterocycles. The van der Waals surface area contributed by atoms with Crippen LogP contribution >= 0.6 is 0 Å². The molecular formula is C36H54MgN4. The summed E-state index contributed by atoms with van der Waals surface area (Å²) in [6.45, 7) is 18.7. The molecule has 2 aromatic heterocycles. The Morgan fingerprint density at radius 1 is 0.415 bits per heavy atom. The van der Waals surface area contributed by atoms with Crippen LogP contribution < -0.4 is 20.6 Å². The van der Waals surface area contributed by atoms with Gasteiger partial charge in [-0.1, -0.05) is 99.9 Å². The molecule has 220 valence electrons. The molecule has 5 rings (SSSR count). The Kier molecular flexibility index (Phi) is 11.2. The molecule has 4 unspecified atom stereocenters. The summed E-state index contributed by atoms with van der Waals surface area (Å²) in [6, 6.07) is 1.53. The van der Waals surface area contributed by atoms with E-state index in [1.165, 1.54) is 45.0 Å². The molecule has 8 bridgehead atoms. The van der Waals surface area contributed by atoms with Crippen molar-refractivity contribution < 1.29 is 0 Å². The number of hydrogen-bond acceptors (Lipinski definition) is 2. The Morgan fingerprint density at radius 3 is 0.805 bits per heavy atom. The van der Waals surface area contributed by atoms with Gasteiger partial charge in [-0.05, 0) is 77.0 Å². The van der Waals surface area contributed by atoms with Gasteiger partial charge in [-0.3, -0.25) is 0 Å². The Balaban J connectivity index is 0.00000387. The van der Waals surface area contributed by atoms with E-state index in [2.05, 4.69) is 66.0 Å². The summed E-state index contributed by atoms with van der Waals surface area (Å²) in [5.41, 5.74) is 18.0. The molecule has 4 nitrogen and oxygen atoms in total. The zero-order valence-corrected chi connectivity index (χ0v) is 28.8. The summed E-state index contributed by atoms with van der Waals surface area (Å²) < 4.78 is 0. The molecule has 0 spiro atoms. The van der Waals surface area contributed by atoms with Crippen LogP contribution in [0.4, 0.5) is 0 Å². The Morgan fingerprint density at radius 2 is 0.634 bits per heavy atom. The first kappa shape index (κ1) is 32.6. The first-order valence-corrected chi connectivity index (χ1v) is 16.7. The maximum absolute atomic E-state index is 5.48. The second kappa shape index (κ2) is 14.0. The molecule has 41 heavy (non-hydrogen) atoms. The van der Waals surface area contributed by atoms with E-state index >= 15 is 0 Å². The number of fused-ring (bicyclic) bond motifs is 8. The van der Waals surface area contributed by atoms with Crippen LogP contribution in [0, 0.1) is 0 Å². The van der Waals surface area contributed by atoms with Gasteiger partial charge in [-0.2, -0.15) is 22.8 Å². The third-order valence-corrected chi connectivity index (χ3v) is 10.5. The van der Waals surface area contributed by atoms with Crippen LogP contribution in [0.15, 0.2) is 22.3 Å². The van der Waals surface area contributed by atoms with E-state index < -0.39 is 0 Å². The molecule has 4 atom stereocenters. The van der Waals surface area contributed by atoms with Crippen molar-refractivity contribution in [1.82, 2.24) is 20.6 Å². The van der Waals surface area contributed by atoms with Gasteiger partial charge in [0.25, 0.3) is 0 Å². The minimum Gasteiger partial charge on any atom is -0.664 e. The second-order valence-electron chi connectivity index (χ2n) is 12.2. The van der Waals surface area contributed by atoms with Crippen molar-refractivity contribution in [3.05, 3.63) is 67.3 Å². The maximum atomic E-state index is 5.48. The van der Waals surface area contributed by atoms with E-state index in [0.717, 1.165) is 77.0 Å². The van der Waals surface area contributed by atoms with E-state index in [-0.39, 0.29) is 23.1 Å². The van der Waals surface area contributed by atoms with Gasteiger partial charge in [0.2, 0.25) is 0 Å². The Hall–Kier alpha value is -1.27. The average molecular weight is 567 g/mol. The standard InChI is InChI=1S/C36H54N4.Mg/c1-9-21-22(10-2)30-18-32-25(13-5)26(14-6)34(39-32)20-36-28(16-8)27(15-7)35(40-36)19-33-24(12-4)23(11-3)31(38-33)17-29(21)37-30;/h29-30,35-37,40H,9-20H2,1-8H3;/q-2;+2. The van der Waals surface area contributed by atoms with Crippen molar-refractivity contribution in [3.63, 3.8) is 0 Å². The molecule has 0 radical (unpaired) electrons. The van der Waals surface area contributed by atoms with Gasteiger partial charge in [-0.15, -0.1) is 0 Å². The second-order valence-corrected chi connectivity index (χ2v) is 12.2. The number of rotatable bonds is 8. The molecule has 3 aliphatic heterocycles. The SMILES string of the molecule is CCC1=C(CC)C2Cc3[n-]c(c(CC)c3CC)CC3NC(Cc4[n-]c(c(CC)c4CC)CC1N2)C(CC)=C3CC.[Mg+2]. The maximum Gasteiger partial charge on any atom is 2.00 e. The van der Waals surface area contributed by atoms with Crippen molar-refractivity contribution in [3.8, 4) is 0 Å². The van der Waals surface area contributed by atoms with Crippen LogP contribution in [-0.2, 0) is 51.4 Å². The van der Waals surface area contributed by atoms with Crippen molar-refractivity contribution in [2.45, 2.75) is 157 Å². The van der Waals surface area contributed by atoms with Crippen LogP contribution in [0.5, 0.6) is 0 Å². The molecule has 5 heteroatoms. The predicted octanol–water partition coefficient (Wildman–Crippen LogP) is 6.27. The quantitative estimate of drug-likeness (QED) is 0.292. The molecule has 0 amide bonds. The molecule has 3 aliphatic rings. The number of nitrogens with one attached hydrogen (secondary N) is 2. The number of aromatic nitrogens is 2. The summed E-state index contributed by atoms with van der Waals surface area (Å²) in [4.78, 5) is 11.0. The fraction of sp³-hybridized carbons (Fsp3) is 0.667. The minimum atomic E-state index is 0. The van der Waals surface area contributed by atoms with E-state index in [0.29, 0.717) is 24.2 Å². The molecule has 0 aromatic carbocycles. The topological polar surface area (TPSA) is 52.3 Å². The van der Waals surface area contributed by atoms with Gasteiger partial charge < -0.3 is 20.6 Å². The smallest absolute Gasteiger partial charge is 0.664 e. The molecule has 0 saturated heterocycles. The summed E-state index contributed by atoms with van der Waals surface area (Å²) in [6.07, 6.45) is 12.8. The first-order chi connectivity index (χ1) is 19.5. The van der Waals surface area contributed by atoms with Gasteiger partial charge in [0.05, 0.1) is 0 Å². The molecule has 0 aliphatic carbocycles. The van der Waals surface area contributed by atoms with E-state index in [4.69, 9.17) is 9.97 Å². The normalized spacial score (nSPS) is 24.4. The minimum absolute atomic E-state index is 0. The number of nitrogens with zero attached hydrogens (tertiary/aromatic N) is 2. The first-order valence-electron chi connectivity index (χ1n) is 16.7. The largest absolute Gasteiger partial charge is 2.00 e.